The van der Waals surface area contributed by atoms with Crippen molar-refractivity contribution in [2.24, 2.45) is 0 Å². The molecule has 1 heterocycles. The van der Waals surface area contributed by atoms with Crippen LogP contribution in [-0.4, -0.2) is 27.1 Å². The molecule has 1 amide bonds. The first-order valence-corrected chi connectivity index (χ1v) is 7.90. The molecule has 1 aliphatic rings. The molecule has 0 bridgehead atoms. The molecular weight excluding hydrogens is 325 g/mol. The van der Waals surface area contributed by atoms with Gasteiger partial charge in [0.1, 0.15) is 10.1 Å². The van der Waals surface area contributed by atoms with Crippen LogP contribution in [0.4, 0.5) is 4.39 Å². The zero-order valence-corrected chi connectivity index (χ0v) is 13.4. The van der Waals surface area contributed by atoms with Crippen molar-refractivity contribution in [2.75, 3.05) is 0 Å². The van der Waals surface area contributed by atoms with Gasteiger partial charge in [-0.05, 0) is 30.2 Å². The van der Waals surface area contributed by atoms with E-state index in [0.29, 0.717) is 16.9 Å². The van der Waals surface area contributed by atoms with E-state index in [1.54, 1.807) is 6.08 Å². The standard InChI is InChI=1S/C15H14FNO3S2/c1-2-3-11(14(19)20)17-13(18)12(22-15(17)21)8-9-4-6-10(16)7-5-9/h4-8,11H,2-3H2,1H3,(H,19,20)/p-1/b12-8-/t11-/m0/s1. The van der Waals surface area contributed by atoms with Gasteiger partial charge in [-0.25, -0.2) is 4.39 Å². The lowest BCUT2D eigenvalue weighted by Gasteiger charge is -2.27. The van der Waals surface area contributed by atoms with Crippen molar-refractivity contribution in [3.05, 3.63) is 40.6 Å². The van der Waals surface area contributed by atoms with E-state index in [1.807, 2.05) is 6.92 Å². The fourth-order valence-electron chi connectivity index (χ4n) is 2.08. The fraction of sp³-hybridized carbons (Fsp3) is 0.267. The maximum absolute atomic E-state index is 12.9. The summed E-state index contributed by atoms with van der Waals surface area (Å²) in [6.07, 6.45) is 2.43. The van der Waals surface area contributed by atoms with Crippen molar-refractivity contribution < 1.29 is 19.1 Å². The molecule has 7 heteroatoms. The van der Waals surface area contributed by atoms with Gasteiger partial charge in [0.25, 0.3) is 5.91 Å². The molecular formula is C15H13FNO3S2-. The minimum atomic E-state index is -1.32. The molecule has 0 unspecified atom stereocenters. The molecule has 0 saturated carbocycles. The van der Waals surface area contributed by atoms with Gasteiger partial charge in [-0.1, -0.05) is 49.5 Å². The molecule has 0 aromatic heterocycles. The summed E-state index contributed by atoms with van der Waals surface area (Å²) in [4.78, 5) is 25.0. The van der Waals surface area contributed by atoms with Crippen LogP contribution in [0, 0.1) is 5.82 Å². The van der Waals surface area contributed by atoms with Gasteiger partial charge in [-0.15, -0.1) is 0 Å². The molecule has 1 atom stereocenters. The molecule has 1 fully saturated rings. The van der Waals surface area contributed by atoms with Crippen LogP contribution in [-0.2, 0) is 9.59 Å². The van der Waals surface area contributed by atoms with E-state index in [9.17, 15) is 19.1 Å². The summed E-state index contributed by atoms with van der Waals surface area (Å²) in [5.74, 6) is -2.15. The van der Waals surface area contributed by atoms with Crippen molar-refractivity contribution in [3.8, 4) is 0 Å². The second kappa shape index (κ2) is 7.02. The number of rotatable bonds is 5. The maximum Gasteiger partial charge on any atom is 0.266 e. The van der Waals surface area contributed by atoms with Crippen LogP contribution in [0.25, 0.3) is 6.08 Å². The Balaban J connectivity index is 2.27. The summed E-state index contributed by atoms with van der Waals surface area (Å²) in [6, 6.07) is 4.58. The van der Waals surface area contributed by atoms with Gasteiger partial charge in [0, 0.05) is 0 Å². The van der Waals surface area contributed by atoms with E-state index in [4.69, 9.17) is 12.2 Å². The average Bonchev–Trinajstić information content (AvgIpc) is 2.73. The largest absolute Gasteiger partial charge is 0.548 e. The number of thioether (sulfide) groups is 1. The zero-order valence-electron chi connectivity index (χ0n) is 11.7. The Hall–Kier alpha value is -1.73. The van der Waals surface area contributed by atoms with Gasteiger partial charge in [0.05, 0.1) is 16.9 Å². The van der Waals surface area contributed by atoms with E-state index in [2.05, 4.69) is 0 Å². The summed E-state index contributed by atoms with van der Waals surface area (Å²) in [7, 11) is 0. The number of carbonyl (C=O) groups is 2. The summed E-state index contributed by atoms with van der Waals surface area (Å²) in [5.41, 5.74) is 0.641. The SMILES string of the molecule is CCC[C@@H](C(=O)[O-])N1C(=O)/C(=C/c2ccc(F)cc2)SC1=S. The number of thiocarbonyl (C=S) groups is 1. The Morgan fingerprint density at radius 2 is 2.09 bits per heavy atom. The second-order valence-electron chi connectivity index (χ2n) is 4.73. The van der Waals surface area contributed by atoms with Gasteiger partial charge >= 0.3 is 0 Å². The van der Waals surface area contributed by atoms with Crippen LogP contribution < -0.4 is 5.11 Å². The van der Waals surface area contributed by atoms with Crippen LogP contribution in [0.15, 0.2) is 29.2 Å². The molecule has 4 nitrogen and oxygen atoms in total. The Kier molecular flexibility index (Phi) is 5.31. The average molecular weight is 338 g/mol. The quantitative estimate of drug-likeness (QED) is 0.607. The number of halogens is 1. The highest BCUT2D eigenvalue weighted by molar-refractivity contribution is 8.26. The lowest BCUT2D eigenvalue weighted by Crippen LogP contribution is -2.49. The molecule has 0 radical (unpaired) electrons. The van der Waals surface area contributed by atoms with Gasteiger partial charge in [-0.3, -0.25) is 9.69 Å². The van der Waals surface area contributed by atoms with Gasteiger partial charge in [0.2, 0.25) is 0 Å². The summed E-state index contributed by atoms with van der Waals surface area (Å²) >= 11 is 6.15. The van der Waals surface area contributed by atoms with Crippen molar-refractivity contribution in [2.45, 2.75) is 25.8 Å². The first-order valence-electron chi connectivity index (χ1n) is 6.67. The Morgan fingerprint density at radius 3 is 2.64 bits per heavy atom. The van der Waals surface area contributed by atoms with Gasteiger partial charge in [0.15, 0.2) is 0 Å². The molecule has 22 heavy (non-hydrogen) atoms. The fourth-order valence-corrected chi connectivity index (χ4v) is 3.44. The van der Waals surface area contributed by atoms with Crippen molar-refractivity contribution in [1.82, 2.24) is 4.90 Å². The summed E-state index contributed by atoms with van der Waals surface area (Å²) < 4.78 is 13.1. The molecule has 0 N–H and O–H groups in total. The molecule has 1 saturated heterocycles. The maximum atomic E-state index is 12.9. The van der Waals surface area contributed by atoms with Crippen molar-refractivity contribution >= 4 is 46.3 Å². The topological polar surface area (TPSA) is 60.4 Å². The third kappa shape index (κ3) is 3.53. The first-order chi connectivity index (χ1) is 10.4. The lowest BCUT2D eigenvalue weighted by atomic mass is 10.1. The van der Waals surface area contributed by atoms with E-state index in [0.717, 1.165) is 16.7 Å². The van der Waals surface area contributed by atoms with Crippen LogP contribution in [0.2, 0.25) is 0 Å². The number of carbonyl (C=O) groups excluding carboxylic acids is 2. The molecule has 1 aliphatic heterocycles. The molecule has 1 aromatic carbocycles. The number of amides is 1. The molecule has 1 aromatic rings. The van der Waals surface area contributed by atoms with E-state index in [-0.39, 0.29) is 16.6 Å². The van der Waals surface area contributed by atoms with Crippen LogP contribution in [0.5, 0.6) is 0 Å². The lowest BCUT2D eigenvalue weighted by molar-refractivity contribution is -0.310. The minimum Gasteiger partial charge on any atom is -0.548 e. The predicted octanol–water partition coefficient (Wildman–Crippen LogP) is 1.95. The van der Waals surface area contributed by atoms with Crippen LogP contribution in [0.1, 0.15) is 25.3 Å². The molecule has 0 aliphatic carbocycles. The monoisotopic (exact) mass is 338 g/mol. The highest BCUT2D eigenvalue weighted by Gasteiger charge is 2.37. The van der Waals surface area contributed by atoms with Gasteiger partial charge in [-0.2, -0.15) is 0 Å². The predicted molar refractivity (Wildman–Crippen MR) is 85.1 cm³/mol. The molecule has 116 valence electrons. The second-order valence-corrected chi connectivity index (χ2v) is 6.40. The zero-order chi connectivity index (χ0) is 16.3. The third-order valence-electron chi connectivity index (χ3n) is 3.14. The van der Waals surface area contributed by atoms with Crippen molar-refractivity contribution in [1.29, 1.82) is 0 Å². The van der Waals surface area contributed by atoms with E-state index < -0.39 is 17.9 Å². The Labute approximate surface area is 137 Å². The number of hydrogen-bond acceptors (Lipinski definition) is 5. The number of carboxylic acid groups (broad SMARTS) is 1. The highest BCUT2D eigenvalue weighted by atomic mass is 32.2. The smallest absolute Gasteiger partial charge is 0.266 e. The number of hydrogen-bond donors (Lipinski definition) is 0. The number of aliphatic carboxylic acids is 1. The third-order valence-corrected chi connectivity index (χ3v) is 4.47. The highest BCUT2D eigenvalue weighted by Crippen LogP contribution is 2.34. The minimum absolute atomic E-state index is 0.195. The van der Waals surface area contributed by atoms with Gasteiger partial charge < -0.3 is 9.90 Å². The van der Waals surface area contributed by atoms with Crippen molar-refractivity contribution in [3.63, 3.8) is 0 Å². The number of benzene rings is 1. The van der Waals surface area contributed by atoms with E-state index in [1.165, 1.54) is 24.3 Å². The first kappa shape index (κ1) is 16.6. The Bertz CT molecular complexity index is 643. The summed E-state index contributed by atoms with van der Waals surface area (Å²) in [5, 5.41) is 11.2. The number of carboxylic acids is 1. The normalized spacial score (nSPS) is 18.1. The molecule has 0 spiro atoms. The van der Waals surface area contributed by atoms with Crippen LogP contribution >= 0.6 is 24.0 Å². The van der Waals surface area contributed by atoms with Crippen LogP contribution in [0.3, 0.4) is 0 Å². The summed E-state index contributed by atoms with van der Waals surface area (Å²) in [6.45, 7) is 1.82. The number of nitrogens with zero attached hydrogens (tertiary/aromatic N) is 1. The Morgan fingerprint density at radius 1 is 1.45 bits per heavy atom. The van der Waals surface area contributed by atoms with E-state index >= 15 is 0 Å². The molecule has 2 rings (SSSR count).